The third-order valence-corrected chi connectivity index (χ3v) is 5.05. The molecule has 1 rings (SSSR count). The Bertz CT molecular complexity index is 395. The normalized spacial score (nSPS) is 14.1. The van der Waals surface area contributed by atoms with Gasteiger partial charge in [-0.2, -0.15) is 11.8 Å². The minimum Gasteiger partial charge on any atom is -0.496 e. The van der Waals surface area contributed by atoms with Crippen LogP contribution in [0.3, 0.4) is 0 Å². The molecule has 114 valence electrons. The number of thioether (sulfide) groups is 1. The summed E-state index contributed by atoms with van der Waals surface area (Å²) in [7, 11) is 1.75. The van der Waals surface area contributed by atoms with E-state index in [-0.39, 0.29) is 0 Å². The molecule has 0 heterocycles. The highest BCUT2D eigenvalue weighted by Gasteiger charge is 2.13. The van der Waals surface area contributed by atoms with Gasteiger partial charge in [0.15, 0.2) is 0 Å². The van der Waals surface area contributed by atoms with Gasteiger partial charge in [0.25, 0.3) is 0 Å². The van der Waals surface area contributed by atoms with E-state index in [4.69, 9.17) is 4.74 Å². The van der Waals surface area contributed by atoms with Gasteiger partial charge in [-0.05, 0) is 37.9 Å². The number of rotatable bonds is 9. The Balaban J connectivity index is 2.71. The average Bonchev–Trinajstić information content (AvgIpc) is 2.45. The summed E-state index contributed by atoms with van der Waals surface area (Å²) in [6.07, 6.45) is 2.26. The number of methoxy groups -OCH3 is 1. The zero-order valence-corrected chi connectivity index (χ0v) is 14.3. The number of ether oxygens (including phenoxy) is 1. The van der Waals surface area contributed by atoms with E-state index in [1.807, 2.05) is 0 Å². The molecule has 0 fully saturated rings. The van der Waals surface area contributed by atoms with Gasteiger partial charge in [0.05, 0.1) is 7.11 Å². The Morgan fingerprint density at radius 1 is 1.30 bits per heavy atom. The average molecular weight is 295 g/mol. The number of nitrogens with one attached hydrogen (secondary N) is 1. The summed E-state index contributed by atoms with van der Waals surface area (Å²) in [4.78, 5) is 0. The third kappa shape index (κ3) is 5.76. The molecule has 0 radical (unpaired) electrons. The zero-order valence-electron chi connectivity index (χ0n) is 13.5. The standard InChI is InChI=1S/C17H29NOS/c1-6-14(4)20-12-16(18-7-2)11-15-10-13(3)8-9-17(15)19-5/h8-10,14,16,18H,6-7,11-12H2,1-5H3. The van der Waals surface area contributed by atoms with Gasteiger partial charge in [-0.3, -0.25) is 0 Å². The molecule has 1 N–H and O–H groups in total. The van der Waals surface area contributed by atoms with E-state index < -0.39 is 0 Å². The molecule has 1 aromatic rings. The first-order valence-electron chi connectivity index (χ1n) is 7.59. The number of aryl methyl sites for hydroxylation is 1. The molecule has 2 nitrogen and oxygen atoms in total. The third-order valence-electron chi connectivity index (χ3n) is 3.55. The minimum atomic E-state index is 0.509. The maximum atomic E-state index is 5.49. The van der Waals surface area contributed by atoms with Crippen LogP contribution in [-0.2, 0) is 6.42 Å². The molecule has 0 saturated carbocycles. The van der Waals surface area contributed by atoms with E-state index in [2.05, 4.69) is 63.0 Å². The first-order valence-corrected chi connectivity index (χ1v) is 8.64. The topological polar surface area (TPSA) is 21.3 Å². The van der Waals surface area contributed by atoms with Crippen LogP contribution in [0, 0.1) is 6.92 Å². The van der Waals surface area contributed by atoms with Gasteiger partial charge in [0.2, 0.25) is 0 Å². The maximum absolute atomic E-state index is 5.49. The lowest BCUT2D eigenvalue weighted by atomic mass is 10.0. The predicted molar refractivity (Wildman–Crippen MR) is 91.1 cm³/mol. The first-order chi connectivity index (χ1) is 9.60. The number of benzene rings is 1. The van der Waals surface area contributed by atoms with E-state index in [0.29, 0.717) is 6.04 Å². The Morgan fingerprint density at radius 2 is 2.05 bits per heavy atom. The second kappa shape index (κ2) is 9.30. The molecule has 2 atom stereocenters. The van der Waals surface area contributed by atoms with Crippen molar-refractivity contribution in [2.45, 2.75) is 51.8 Å². The molecule has 0 aliphatic carbocycles. The van der Waals surface area contributed by atoms with Crippen molar-refractivity contribution in [3.8, 4) is 5.75 Å². The summed E-state index contributed by atoms with van der Waals surface area (Å²) in [6, 6.07) is 6.94. The first kappa shape index (κ1) is 17.4. The van der Waals surface area contributed by atoms with Crippen LogP contribution in [0.15, 0.2) is 18.2 Å². The van der Waals surface area contributed by atoms with Crippen molar-refractivity contribution < 1.29 is 4.74 Å². The smallest absolute Gasteiger partial charge is 0.122 e. The van der Waals surface area contributed by atoms with Crippen molar-refractivity contribution in [3.05, 3.63) is 29.3 Å². The zero-order chi connectivity index (χ0) is 15.0. The van der Waals surface area contributed by atoms with Crippen LogP contribution in [0.2, 0.25) is 0 Å². The van der Waals surface area contributed by atoms with E-state index >= 15 is 0 Å². The molecule has 3 heteroatoms. The van der Waals surface area contributed by atoms with Crippen LogP contribution < -0.4 is 10.1 Å². The number of hydrogen-bond acceptors (Lipinski definition) is 3. The van der Waals surface area contributed by atoms with Crippen LogP contribution in [0.4, 0.5) is 0 Å². The summed E-state index contributed by atoms with van der Waals surface area (Å²) in [5, 5.41) is 4.34. The number of hydrogen-bond donors (Lipinski definition) is 1. The second-order valence-electron chi connectivity index (χ2n) is 5.33. The molecular formula is C17H29NOS. The summed E-state index contributed by atoms with van der Waals surface area (Å²) < 4.78 is 5.49. The van der Waals surface area contributed by atoms with Gasteiger partial charge in [0, 0.05) is 17.0 Å². The van der Waals surface area contributed by atoms with Gasteiger partial charge in [-0.15, -0.1) is 0 Å². The van der Waals surface area contributed by atoms with Crippen molar-refractivity contribution in [1.82, 2.24) is 5.32 Å². The molecule has 1 aromatic carbocycles. The summed E-state index contributed by atoms with van der Waals surface area (Å²) in [5.41, 5.74) is 2.61. The Kier molecular flexibility index (Phi) is 8.08. The van der Waals surface area contributed by atoms with Gasteiger partial charge in [0.1, 0.15) is 5.75 Å². The molecule has 0 aliphatic rings. The lowest BCUT2D eigenvalue weighted by Crippen LogP contribution is -2.33. The van der Waals surface area contributed by atoms with E-state index in [1.54, 1.807) is 7.11 Å². The quantitative estimate of drug-likeness (QED) is 0.742. The molecule has 20 heavy (non-hydrogen) atoms. The SMILES string of the molecule is CCNC(CSC(C)CC)Cc1cc(C)ccc1OC. The highest BCUT2D eigenvalue weighted by atomic mass is 32.2. The van der Waals surface area contributed by atoms with Gasteiger partial charge in [-0.1, -0.05) is 38.5 Å². The van der Waals surface area contributed by atoms with Gasteiger partial charge in [-0.25, -0.2) is 0 Å². The molecule has 0 amide bonds. The Labute approximate surface area is 128 Å². The maximum Gasteiger partial charge on any atom is 0.122 e. The van der Waals surface area contributed by atoms with Crippen LogP contribution >= 0.6 is 11.8 Å². The molecule has 0 aromatic heterocycles. The fourth-order valence-corrected chi connectivity index (χ4v) is 3.24. The summed E-state index contributed by atoms with van der Waals surface area (Å²) in [5.74, 6) is 2.16. The Morgan fingerprint density at radius 3 is 2.65 bits per heavy atom. The van der Waals surface area contributed by atoms with Crippen molar-refractivity contribution in [1.29, 1.82) is 0 Å². The van der Waals surface area contributed by atoms with Crippen molar-refractivity contribution >= 4 is 11.8 Å². The van der Waals surface area contributed by atoms with E-state index in [0.717, 1.165) is 29.7 Å². The molecule has 0 bridgehead atoms. The van der Waals surface area contributed by atoms with E-state index in [9.17, 15) is 0 Å². The van der Waals surface area contributed by atoms with Crippen LogP contribution in [-0.4, -0.2) is 30.7 Å². The highest BCUT2D eigenvalue weighted by Crippen LogP contribution is 2.23. The fraction of sp³-hybridized carbons (Fsp3) is 0.647. The molecule has 0 saturated heterocycles. The monoisotopic (exact) mass is 295 g/mol. The number of likely N-dealkylation sites (N-methyl/N-ethyl adjacent to an activating group) is 1. The molecular weight excluding hydrogens is 266 g/mol. The molecule has 0 aliphatic heterocycles. The summed E-state index contributed by atoms with van der Waals surface area (Å²) in [6.45, 7) is 9.89. The molecule has 2 unspecified atom stereocenters. The minimum absolute atomic E-state index is 0.509. The van der Waals surface area contributed by atoms with Crippen LogP contribution in [0.1, 0.15) is 38.3 Å². The second-order valence-corrected chi connectivity index (χ2v) is 6.80. The molecule has 0 spiro atoms. The largest absolute Gasteiger partial charge is 0.496 e. The lowest BCUT2D eigenvalue weighted by Gasteiger charge is -2.21. The summed E-state index contributed by atoms with van der Waals surface area (Å²) >= 11 is 2.06. The fourth-order valence-electron chi connectivity index (χ4n) is 2.21. The predicted octanol–water partition coefficient (Wildman–Crippen LogP) is 4.06. The van der Waals surface area contributed by atoms with Gasteiger partial charge < -0.3 is 10.1 Å². The lowest BCUT2D eigenvalue weighted by molar-refractivity contribution is 0.406. The van der Waals surface area contributed by atoms with Crippen molar-refractivity contribution in [2.24, 2.45) is 0 Å². The van der Waals surface area contributed by atoms with Crippen LogP contribution in [0.5, 0.6) is 5.75 Å². The van der Waals surface area contributed by atoms with Gasteiger partial charge >= 0.3 is 0 Å². The van der Waals surface area contributed by atoms with Crippen LogP contribution in [0.25, 0.3) is 0 Å². The van der Waals surface area contributed by atoms with Crippen molar-refractivity contribution in [2.75, 3.05) is 19.4 Å². The van der Waals surface area contributed by atoms with Crippen molar-refractivity contribution in [3.63, 3.8) is 0 Å². The highest BCUT2D eigenvalue weighted by molar-refractivity contribution is 7.99. The van der Waals surface area contributed by atoms with E-state index in [1.165, 1.54) is 17.5 Å². The Hall–Kier alpha value is -0.670.